The zero-order valence-corrected chi connectivity index (χ0v) is 10.1. The number of ketones is 1. The standard InChI is InChI=1S/C13H15F3O/c1-12(2,3)10-6-4-5-9(7-10)8-11(17)13(14,15)16/h4-7H,8H2,1-3H3. The van der Waals surface area contributed by atoms with Crippen molar-refractivity contribution in [1.82, 2.24) is 0 Å². The third kappa shape index (κ3) is 3.88. The summed E-state index contributed by atoms with van der Waals surface area (Å²) in [5.74, 6) is -1.71. The first-order valence-corrected chi connectivity index (χ1v) is 5.30. The lowest BCUT2D eigenvalue weighted by Gasteiger charge is -2.19. The van der Waals surface area contributed by atoms with E-state index in [1.165, 1.54) is 0 Å². The van der Waals surface area contributed by atoms with Crippen LogP contribution in [0, 0.1) is 0 Å². The molecule has 1 rings (SSSR count). The predicted octanol–water partition coefficient (Wildman–Crippen LogP) is 3.66. The van der Waals surface area contributed by atoms with Crippen molar-refractivity contribution in [2.45, 2.75) is 38.8 Å². The molecule has 0 fully saturated rings. The van der Waals surface area contributed by atoms with Gasteiger partial charge < -0.3 is 0 Å². The lowest BCUT2D eigenvalue weighted by Crippen LogP contribution is -2.24. The first kappa shape index (κ1) is 13.7. The third-order valence-electron chi connectivity index (χ3n) is 2.47. The number of alkyl halides is 3. The van der Waals surface area contributed by atoms with Crippen LogP contribution in [0.4, 0.5) is 13.2 Å². The first-order valence-electron chi connectivity index (χ1n) is 5.30. The Balaban J connectivity index is 2.91. The van der Waals surface area contributed by atoms with Crippen LogP contribution in [0.3, 0.4) is 0 Å². The molecule has 1 aromatic carbocycles. The molecule has 0 saturated carbocycles. The summed E-state index contributed by atoms with van der Waals surface area (Å²) in [5, 5.41) is 0. The molecule has 0 N–H and O–H groups in total. The maximum absolute atomic E-state index is 12.1. The molecule has 1 nitrogen and oxygen atoms in total. The second-order valence-corrected chi connectivity index (χ2v) is 5.05. The summed E-state index contributed by atoms with van der Waals surface area (Å²) in [7, 11) is 0. The molecule has 0 unspecified atom stereocenters. The Morgan fingerprint density at radius 3 is 2.24 bits per heavy atom. The van der Waals surface area contributed by atoms with Gasteiger partial charge in [0.05, 0.1) is 0 Å². The number of rotatable bonds is 2. The number of Topliss-reactive ketones (excluding diaryl/α,β-unsaturated/α-hetero) is 1. The molecule has 0 amide bonds. The van der Waals surface area contributed by atoms with Gasteiger partial charge in [-0.25, -0.2) is 0 Å². The SMILES string of the molecule is CC(C)(C)c1cccc(CC(=O)C(F)(F)F)c1. The summed E-state index contributed by atoms with van der Waals surface area (Å²) in [5.41, 5.74) is 1.18. The van der Waals surface area contributed by atoms with E-state index in [-0.39, 0.29) is 5.41 Å². The Bertz CT molecular complexity index is 413. The van der Waals surface area contributed by atoms with Crippen molar-refractivity contribution < 1.29 is 18.0 Å². The number of carbonyl (C=O) groups excluding carboxylic acids is 1. The van der Waals surface area contributed by atoms with Crippen LogP contribution in [0.25, 0.3) is 0 Å². The highest BCUT2D eigenvalue weighted by molar-refractivity contribution is 5.86. The number of hydrogen-bond acceptors (Lipinski definition) is 1. The smallest absolute Gasteiger partial charge is 0.289 e. The minimum atomic E-state index is -4.75. The molecular weight excluding hydrogens is 229 g/mol. The molecular formula is C13H15F3O. The van der Waals surface area contributed by atoms with Gasteiger partial charge in [0.25, 0.3) is 0 Å². The Hall–Kier alpha value is -1.32. The molecule has 0 aliphatic rings. The zero-order valence-electron chi connectivity index (χ0n) is 10.1. The Labute approximate surface area is 98.6 Å². The van der Waals surface area contributed by atoms with Gasteiger partial charge in [0.2, 0.25) is 5.78 Å². The summed E-state index contributed by atoms with van der Waals surface area (Å²) in [6, 6.07) is 6.73. The van der Waals surface area contributed by atoms with Crippen LogP contribution in [-0.2, 0) is 16.6 Å². The maximum atomic E-state index is 12.1. The van der Waals surface area contributed by atoms with Gasteiger partial charge in [-0.1, -0.05) is 45.0 Å². The average molecular weight is 244 g/mol. The van der Waals surface area contributed by atoms with Gasteiger partial charge in [-0.2, -0.15) is 13.2 Å². The van der Waals surface area contributed by atoms with Crippen LogP contribution >= 0.6 is 0 Å². The number of hydrogen-bond donors (Lipinski definition) is 0. The molecule has 1 aromatic rings. The van der Waals surface area contributed by atoms with E-state index in [1.807, 2.05) is 26.8 Å². The molecule has 0 heterocycles. The topological polar surface area (TPSA) is 17.1 Å². The first-order chi connectivity index (χ1) is 7.60. The highest BCUT2D eigenvalue weighted by atomic mass is 19.4. The molecule has 0 aliphatic heterocycles. The fourth-order valence-corrected chi connectivity index (χ4v) is 1.43. The summed E-state index contributed by atoms with van der Waals surface area (Å²) >= 11 is 0. The van der Waals surface area contributed by atoms with E-state index in [2.05, 4.69) is 0 Å². The summed E-state index contributed by atoms with van der Waals surface area (Å²) < 4.78 is 36.4. The van der Waals surface area contributed by atoms with Crippen molar-refractivity contribution in [3.05, 3.63) is 35.4 Å². The lowest BCUT2D eigenvalue weighted by atomic mass is 9.86. The average Bonchev–Trinajstić information content (AvgIpc) is 2.15. The van der Waals surface area contributed by atoms with E-state index in [0.29, 0.717) is 5.56 Å². The van der Waals surface area contributed by atoms with Crippen LogP contribution < -0.4 is 0 Å². The fraction of sp³-hybridized carbons (Fsp3) is 0.462. The normalized spacial score (nSPS) is 12.6. The van der Waals surface area contributed by atoms with Gasteiger partial charge in [0.15, 0.2) is 0 Å². The molecule has 0 aliphatic carbocycles. The Morgan fingerprint density at radius 2 is 1.76 bits per heavy atom. The molecule has 0 saturated heterocycles. The van der Waals surface area contributed by atoms with Gasteiger partial charge in [-0.15, -0.1) is 0 Å². The maximum Gasteiger partial charge on any atom is 0.450 e. The molecule has 0 spiro atoms. The number of halogens is 3. The minimum Gasteiger partial charge on any atom is -0.289 e. The van der Waals surface area contributed by atoms with Crippen LogP contribution in [0.1, 0.15) is 31.9 Å². The van der Waals surface area contributed by atoms with E-state index in [9.17, 15) is 18.0 Å². The van der Waals surface area contributed by atoms with Gasteiger partial charge in [0.1, 0.15) is 0 Å². The predicted molar refractivity (Wildman–Crippen MR) is 59.9 cm³/mol. The number of benzene rings is 1. The van der Waals surface area contributed by atoms with Crippen molar-refractivity contribution >= 4 is 5.78 Å². The van der Waals surface area contributed by atoms with Crippen molar-refractivity contribution in [3.63, 3.8) is 0 Å². The van der Waals surface area contributed by atoms with E-state index in [4.69, 9.17) is 0 Å². The lowest BCUT2D eigenvalue weighted by molar-refractivity contribution is -0.170. The van der Waals surface area contributed by atoms with E-state index < -0.39 is 18.4 Å². The molecule has 0 aromatic heterocycles. The molecule has 0 radical (unpaired) electrons. The van der Waals surface area contributed by atoms with Crippen LogP contribution in [0.15, 0.2) is 24.3 Å². The van der Waals surface area contributed by atoms with Crippen molar-refractivity contribution in [2.24, 2.45) is 0 Å². The molecule has 17 heavy (non-hydrogen) atoms. The van der Waals surface area contributed by atoms with Crippen molar-refractivity contribution in [1.29, 1.82) is 0 Å². The second kappa shape index (κ2) is 4.51. The summed E-state index contributed by atoms with van der Waals surface area (Å²) in [6.45, 7) is 5.91. The van der Waals surface area contributed by atoms with Gasteiger partial charge in [-0.3, -0.25) is 4.79 Å². The van der Waals surface area contributed by atoms with Crippen molar-refractivity contribution in [2.75, 3.05) is 0 Å². The van der Waals surface area contributed by atoms with Gasteiger partial charge in [0, 0.05) is 6.42 Å². The zero-order chi connectivity index (χ0) is 13.3. The largest absolute Gasteiger partial charge is 0.450 e. The van der Waals surface area contributed by atoms with E-state index in [1.54, 1.807) is 18.2 Å². The molecule has 4 heteroatoms. The van der Waals surface area contributed by atoms with E-state index in [0.717, 1.165) is 5.56 Å². The van der Waals surface area contributed by atoms with E-state index >= 15 is 0 Å². The molecule has 94 valence electrons. The monoisotopic (exact) mass is 244 g/mol. The van der Waals surface area contributed by atoms with Crippen LogP contribution in [0.5, 0.6) is 0 Å². The quantitative estimate of drug-likeness (QED) is 0.776. The van der Waals surface area contributed by atoms with Crippen molar-refractivity contribution in [3.8, 4) is 0 Å². The summed E-state index contributed by atoms with van der Waals surface area (Å²) in [6.07, 6.45) is -5.34. The summed E-state index contributed by atoms with van der Waals surface area (Å²) in [4.78, 5) is 10.9. The fourth-order valence-electron chi connectivity index (χ4n) is 1.43. The second-order valence-electron chi connectivity index (χ2n) is 5.05. The third-order valence-corrected chi connectivity index (χ3v) is 2.47. The highest BCUT2D eigenvalue weighted by Crippen LogP contribution is 2.24. The molecule has 0 bridgehead atoms. The van der Waals surface area contributed by atoms with Crippen LogP contribution in [-0.4, -0.2) is 12.0 Å². The van der Waals surface area contributed by atoms with Crippen LogP contribution in [0.2, 0.25) is 0 Å². The van der Waals surface area contributed by atoms with Gasteiger partial charge >= 0.3 is 6.18 Å². The van der Waals surface area contributed by atoms with Gasteiger partial charge in [-0.05, 0) is 16.5 Å². The minimum absolute atomic E-state index is 0.142. The highest BCUT2D eigenvalue weighted by Gasteiger charge is 2.37. The number of carbonyl (C=O) groups is 1. The Kier molecular flexibility index (Phi) is 3.65. The molecule has 0 atom stereocenters. The Morgan fingerprint density at radius 1 is 1.18 bits per heavy atom.